The number of hydrazine groups is 1. The van der Waals surface area contributed by atoms with E-state index in [1.165, 1.54) is 16.4 Å². The Labute approximate surface area is 83.3 Å². The summed E-state index contributed by atoms with van der Waals surface area (Å²) in [7, 11) is 0. The van der Waals surface area contributed by atoms with Gasteiger partial charge in [0.05, 0.1) is 0 Å². The van der Waals surface area contributed by atoms with Gasteiger partial charge in [-0.3, -0.25) is 14.8 Å². The topological polar surface area (TPSA) is 71.2 Å². The number of hydrazone groups is 1. The summed E-state index contributed by atoms with van der Waals surface area (Å²) in [6.45, 7) is 6.02. The Morgan fingerprint density at radius 3 is 2.71 bits per heavy atom. The number of hydrogen-bond acceptors (Lipinski definition) is 6. The first-order valence-corrected chi connectivity index (χ1v) is 4.39. The minimum absolute atomic E-state index is 0.126. The predicted molar refractivity (Wildman–Crippen MR) is 51.9 cm³/mol. The second-order valence-corrected chi connectivity index (χ2v) is 4.14. The number of nitrogens with zero attached hydrogens (tertiary/aromatic N) is 3. The van der Waals surface area contributed by atoms with Crippen LogP contribution in [0.25, 0.3) is 0 Å². The van der Waals surface area contributed by atoms with Crippen LogP contribution in [-0.4, -0.2) is 41.1 Å². The van der Waals surface area contributed by atoms with Gasteiger partial charge in [0.25, 0.3) is 0 Å². The number of carbonyl (C=O) groups is 1. The van der Waals surface area contributed by atoms with Crippen LogP contribution in [-0.2, 0) is 9.53 Å². The summed E-state index contributed by atoms with van der Waals surface area (Å²) in [5.74, 6) is 5.12. The van der Waals surface area contributed by atoms with Crippen molar-refractivity contribution in [3.63, 3.8) is 0 Å². The van der Waals surface area contributed by atoms with E-state index in [2.05, 4.69) is 5.10 Å². The van der Waals surface area contributed by atoms with Gasteiger partial charge in [0.2, 0.25) is 0 Å². The lowest BCUT2D eigenvalue weighted by molar-refractivity contribution is -0.156. The molecule has 14 heavy (non-hydrogen) atoms. The van der Waals surface area contributed by atoms with E-state index in [-0.39, 0.29) is 12.5 Å². The summed E-state index contributed by atoms with van der Waals surface area (Å²) in [6, 6.07) is 0. The lowest BCUT2D eigenvalue weighted by Crippen LogP contribution is -2.36. The highest BCUT2D eigenvalue weighted by molar-refractivity contribution is 5.72. The van der Waals surface area contributed by atoms with E-state index >= 15 is 0 Å². The molecule has 0 saturated heterocycles. The van der Waals surface area contributed by atoms with E-state index < -0.39 is 5.60 Å². The standard InChI is InChI=1S/C8H16N4O2/c1-8(2,3)14-7(13)4-12-6-11(9)5-10-12/h5H,4,6,9H2,1-3H3. The van der Waals surface area contributed by atoms with Crippen molar-refractivity contribution >= 4 is 12.3 Å². The maximum absolute atomic E-state index is 11.3. The Morgan fingerprint density at radius 2 is 2.29 bits per heavy atom. The maximum atomic E-state index is 11.3. The molecule has 0 bridgehead atoms. The molecule has 0 amide bonds. The first-order chi connectivity index (χ1) is 6.37. The minimum atomic E-state index is -0.455. The number of rotatable bonds is 2. The molecule has 6 heteroatoms. The van der Waals surface area contributed by atoms with Crippen molar-refractivity contribution in [2.24, 2.45) is 10.9 Å². The quantitative estimate of drug-likeness (QED) is 0.490. The molecule has 0 radical (unpaired) electrons. The number of esters is 1. The monoisotopic (exact) mass is 200 g/mol. The van der Waals surface area contributed by atoms with Crippen LogP contribution in [0.5, 0.6) is 0 Å². The molecule has 0 fully saturated rings. The molecule has 2 N–H and O–H groups in total. The molecule has 0 atom stereocenters. The smallest absolute Gasteiger partial charge is 0.327 e. The first-order valence-electron chi connectivity index (χ1n) is 4.39. The van der Waals surface area contributed by atoms with E-state index in [0.29, 0.717) is 6.67 Å². The van der Waals surface area contributed by atoms with Gasteiger partial charge in [-0.15, -0.1) is 0 Å². The van der Waals surface area contributed by atoms with Crippen molar-refractivity contribution in [1.82, 2.24) is 10.0 Å². The minimum Gasteiger partial charge on any atom is -0.459 e. The molecule has 1 aliphatic heterocycles. The fourth-order valence-electron chi connectivity index (χ4n) is 1.01. The number of hydrogen-bond donors (Lipinski definition) is 1. The molecular formula is C8H16N4O2. The number of nitrogens with two attached hydrogens (primary N) is 1. The molecule has 0 aromatic heterocycles. The highest BCUT2D eigenvalue weighted by Crippen LogP contribution is 2.08. The van der Waals surface area contributed by atoms with Gasteiger partial charge in [-0.25, -0.2) is 5.84 Å². The second-order valence-electron chi connectivity index (χ2n) is 4.14. The SMILES string of the molecule is CC(C)(C)OC(=O)CN1CN(N)C=N1. The molecule has 1 aliphatic rings. The molecule has 0 aromatic carbocycles. The average molecular weight is 200 g/mol. The lowest BCUT2D eigenvalue weighted by Gasteiger charge is -2.21. The lowest BCUT2D eigenvalue weighted by atomic mass is 10.2. The van der Waals surface area contributed by atoms with Crippen LogP contribution in [0.3, 0.4) is 0 Å². The van der Waals surface area contributed by atoms with Gasteiger partial charge in [0.15, 0.2) is 0 Å². The summed E-state index contributed by atoms with van der Waals surface area (Å²) in [6.07, 6.45) is 1.46. The van der Waals surface area contributed by atoms with Gasteiger partial charge in [-0.05, 0) is 20.8 Å². The Bertz CT molecular complexity index is 246. The van der Waals surface area contributed by atoms with Crippen LogP contribution >= 0.6 is 0 Å². The van der Waals surface area contributed by atoms with E-state index in [9.17, 15) is 4.79 Å². The van der Waals surface area contributed by atoms with E-state index in [1.54, 1.807) is 0 Å². The van der Waals surface area contributed by atoms with Crippen LogP contribution < -0.4 is 5.84 Å². The molecule has 0 saturated carbocycles. The first kappa shape index (κ1) is 10.8. The average Bonchev–Trinajstić information content (AvgIpc) is 2.30. The zero-order valence-electron chi connectivity index (χ0n) is 8.73. The number of ether oxygens (including phenoxy) is 1. The molecule has 0 spiro atoms. The molecule has 0 aromatic rings. The fraction of sp³-hybridized carbons (Fsp3) is 0.750. The second kappa shape index (κ2) is 3.83. The van der Waals surface area contributed by atoms with Crippen molar-refractivity contribution in [3.05, 3.63) is 0 Å². The highest BCUT2D eigenvalue weighted by Gasteiger charge is 2.20. The Kier molecular flexibility index (Phi) is 2.95. The van der Waals surface area contributed by atoms with Crippen LogP contribution in [0.4, 0.5) is 0 Å². The molecule has 80 valence electrons. The van der Waals surface area contributed by atoms with Crippen LogP contribution in [0.1, 0.15) is 20.8 Å². The molecule has 0 unspecified atom stereocenters. The van der Waals surface area contributed by atoms with Crippen LogP contribution in [0.15, 0.2) is 5.10 Å². The maximum Gasteiger partial charge on any atom is 0.327 e. The zero-order chi connectivity index (χ0) is 10.8. The largest absolute Gasteiger partial charge is 0.459 e. The van der Waals surface area contributed by atoms with Crippen molar-refractivity contribution in [3.8, 4) is 0 Å². The zero-order valence-corrected chi connectivity index (χ0v) is 8.73. The third-order valence-electron chi connectivity index (χ3n) is 1.42. The summed E-state index contributed by atoms with van der Waals surface area (Å²) in [5, 5.41) is 6.82. The van der Waals surface area contributed by atoms with Crippen LogP contribution in [0, 0.1) is 0 Å². The molecular weight excluding hydrogens is 184 g/mol. The molecule has 1 rings (SSSR count). The third kappa shape index (κ3) is 3.61. The van der Waals surface area contributed by atoms with Crippen molar-refractivity contribution in [2.75, 3.05) is 13.2 Å². The van der Waals surface area contributed by atoms with E-state index in [0.717, 1.165) is 0 Å². The van der Waals surface area contributed by atoms with Crippen LogP contribution in [0.2, 0.25) is 0 Å². The third-order valence-corrected chi connectivity index (χ3v) is 1.42. The fourth-order valence-corrected chi connectivity index (χ4v) is 1.01. The van der Waals surface area contributed by atoms with E-state index in [1.807, 2.05) is 20.8 Å². The summed E-state index contributed by atoms with van der Waals surface area (Å²) >= 11 is 0. The van der Waals surface area contributed by atoms with Gasteiger partial charge in [0.1, 0.15) is 25.2 Å². The predicted octanol–water partition coefficient (Wildman–Crippen LogP) is -0.280. The summed E-state index contributed by atoms with van der Waals surface area (Å²) in [4.78, 5) is 11.3. The van der Waals surface area contributed by atoms with Gasteiger partial charge in [-0.1, -0.05) is 0 Å². The van der Waals surface area contributed by atoms with Crippen molar-refractivity contribution < 1.29 is 9.53 Å². The number of carbonyl (C=O) groups excluding carboxylic acids is 1. The van der Waals surface area contributed by atoms with Gasteiger partial charge in [-0.2, -0.15) is 5.10 Å². The summed E-state index contributed by atoms with van der Waals surface area (Å²) in [5.41, 5.74) is -0.455. The molecule has 6 nitrogen and oxygen atoms in total. The Hall–Kier alpha value is -1.30. The van der Waals surface area contributed by atoms with Gasteiger partial charge in [0, 0.05) is 0 Å². The van der Waals surface area contributed by atoms with Gasteiger partial charge < -0.3 is 4.74 Å². The molecule has 1 heterocycles. The Balaban J connectivity index is 2.32. The van der Waals surface area contributed by atoms with Crippen molar-refractivity contribution in [1.29, 1.82) is 0 Å². The summed E-state index contributed by atoms with van der Waals surface area (Å²) < 4.78 is 5.12. The molecule has 0 aliphatic carbocycles. The highest BCUT2D eigenvalue weighted by atomic mass is 16.6. The Morgan fingerprint density at radius 1 is 1.64 bits per heavy atom. The normalized spacial score (nSPS) is 16.3. The van der Waals surface area contributed by atoms with E-state index in [4.69, 9.17) is 10.6 Å². The van der Waals surface area contributed by atoms with Gasteiger partial charge >= 0.3 is 5.97 Å². The van der Waals surface area contributed by atoms with Crippen molar-refractivity contribution in [2.45, 2.75) is 26.4 Å².